The quantitative estimate of drug-likeness (QED) is 0.400. The Morgan fingerprint density at radius 2 is 1.88 bits per heavy atom. The van der Waals surface area contributed by atoms with Crippen LogP contribution in [-0.2, 0) is 4.74 Å². The fourth-order valence-electron chi connectivity index (χ4n) is 0.920. The fourth-order valence-corrected chi connectivity index (χ4v) is 0.920. The van der Waals surface area contributed by atoms with Crippen LogP contribution in [-0.4, -0.2) is 12.0 Å². The molecule has 0 aliphatic rings. The number of anilines is 1. The Kier molecular flexibility index (Phi) is 5.59. The van der Waals surface area contributed by atoms with Gasteiger partial charge in [-0.1, -0.05) is 13.8 Å². The zero-order chi connectivity index (χ0) is 13.6. The lowest BCUT2D eigenvalue weighted by Gasteiger charge is -2.07. The summed E-state index contributed by atoms with van der Waals surface area (Å²) in [5, 5.41) is 7.18. The molecule has 0 aliphatic carbocycles. The molecule has 0 saturated heterocycles. The minimum Gasteiger partial charge on any atom is -0.396 e. The van der Waals surface area contributed by atoms with Gasteiger partial charge in [0, 0.05) is 0 Å². The van der Waals surface area contributed by atoms with Crippen molar-refractivity contribution in [3.05, 3.63) is 29.3 Å². The molecule has 5 nitrogen and oxygen atoms in total. The Balaban J connectivity index is 0.00000121. The van der Waals surface area contributed by atoms with E-state index in [1.807, 2.05) is 13.8 Å². The molecule has 17 heavy (non-hydrogen) atoms. The second-order valence-corrected chi connectivity index (χ2v) is 2.57. The molecule has 5 N–H and O–H groups in total. The normalized spacial score (nSPS) is 8.94. The Morgan fingerprint density at radius 3 is 2.35 bits per heavy atom. The predicted molar refractivity (Wildman–Crippen MR) is 59.6 cm³/mol. The van der Waals surface area contributed by atoms with Gasteiger partial charge in [-0.3, -0.25) is 5.41 Å². The molecule has 94 valence electrons. The summed E-state index contributed by atoms with van der Waals surface area (Å²) in [6.07, 6.45) is -1.23. The highest BCUT2D eigenvalue weighted by Crippen LogP contribution is 2.19. The van der Waals surface area contributed by atoms with Crippen LogP contribution in [0.25, 0.3) is 0 Å². The molecule has 0 fully saturated rings. The molecule has 1 aromatic rings. The van der Waals surface area contributed by atoms with E-state index in [-0.39, 0.29) is 5.56 Å². The second-order valence-electron chi connectivity index (χ2n) is 2.57. The molecular formula is C10H13F2N3O2. The molecule has 0 heterocycles. The number of amides is 1. The third-order valence-corrected chi connectivity index (χ3v) is 1.58. The van der Waals surface area contributed by atoms with Crippen LogP contribution in [0.2, 0.25) is 0 Å². The van der Waals surface area contributed by atoms with Crippen LogP contribution >= 0.6 is 0 Å². The van der Waals surface area contributed by atoms with Crippen LogP contribution in [0.5, 0.6) is 0 Å². The smallest absolute Gasteiger partial charge is 0.396 e. The number of hydrogen-bond donors (Lipinski definition) is 3. The lowest BCUT2D eigenvalue weighted by molar-refractivity contribution is 0.208. The van der Waals surface area contributed by atoms with E-state index in [4.69, 9.17) is 11.1 Å². The van der Waals surface area contributed by atoms with E-state index in [1.54, 1.807) is 0 Å². The molecule has 1 rings (SSSR count). The van der Waals surface area contributed by atoms with E-state index in [2.05, 4.69) is 10.5 Å². The van der Waals surface area contributed by atoms with E-state index in [9.17, 15) is 13.6 Å². The summed E-state index contributed by atoms with van der Waals surface area (Å²) in [5.74, 6) is -3.19. The monoisotopic (exact) mass is 245 g/mol. The number of ether oxygens (including phenoxy) is 1. The number of benzene rings is 1. The second kappa shape index (κ2) is 6.41. The molecule has 0 bridgehead atoms. The van der Waals surface area contributed by atoms with Gasteiger partial charge in [0.1, 0.15) is 0 Å². The number of nitrogen functional groups attached to an aromatic ring is 1. The number of hydrogen-bond acceptors (Lipinski definition) is 4. The third-order valence-electron chi connectivity index (χ3n) is 1.58. The fraction of sp³-hybridized carbons (Fsp3) is 0.200. The third kappa shape index (κ3) is 3.71. The van der Waals surface area contributed by atoms with E-state index in [1.165, 1.54) is 0 Å². The van der Waals surface area contributed by atoms with Crippen molar-refractivity contribution in [3.63, 3.8) is 0 Å². The van der Waals surface area contributed by atoms with E-state index < -0.39 is 29.3 Å². The van der Waals surface area contributed by atoms with Crippen molar-refractivity contribution in [2.24, 2.45) is 5.73 Å². The van der Waals surface area contributed by atoms with Crippen molar-refractivity contribution in [1.29, 1.82) is 5.41 Å². The predicted octanol–water partition coefficient (Wildman–Crippen LogP) is 1.99. The van der Waals surface area contributed by atoms with Crippen LogP contribution in [0, 0.1) is 17.0 Å². The van der Waals surface area contributed by atoms with Crippen LogP contribution < -0.4 is 11.5 Å². The van der Waals surface area contributed by atoms with Crippen molar-refractivity contribution in [2.45, 2.75) is 13.8 Å². The van der Waals surface area contributed by atoms with Crippen LogP contribution in [0.3, 0.4) is 0 Å². The van der Waals surface area contributed by atoms with Gasteiger partial charge in [-0.05, 0) is 12.1 Å². The van der Waals surface area contributed by atoms with E-state index >= 15 is 0 Å². The number of primary amides is 1. The maximum atomic E-state index is 12.9. The summed E-state index contributed by atoms with van der Waals surface area (Å²) in [7, 11) is 0. The Hall–Kier alpha value is -2.18. The van der Waals surface area contributed by atoms with Crippen LogP contribution in [0.4, 0.5) is 19.3 Å². The van der Waals surface area contributed by atoms with Crippen molar-refractivity contribution in [2.75, 3.05) is 5.73 Å². The average Bonchev–Trinajstić information content (AvgIpc) is 2.27. The van der Waals surface area contributed by atoms with Crippen molar-refractivity contribution in [1.82, 2.24) is 0 Å². The molecule has 0 spiro atoms. The van der Waals surface area contributed by atoms with Crippen LogP contribution in [0.1, 0.15) is 19.4 Å². The van der Waals surface area contributed by atoms with E-state index in [0.29, 0.717) is 0 Å². The van der Waals surface area contributed by atoms with Gasteiger partial charge in [-0.15, -0.1) is 0 Å². The first-order valence-corrected chi connectivity index (χ1v) is 4.73. The molecule has 0 unspecified atom stereocenters. The van der Waals surface area contributed by atoms with Crippen molar-refractivity contribution >= 4 is 17.7 Å². The molecule has 0 saturated carbocycles. The van der Waals surface area contributed by atoms with Crippen molar-refractivity contribution in [3.8, 4) is 0 Å². The highest BCUT2D eigenvalue weighted by atomic mass is 19.2. The number of carbonyl (C=O) groups excluding carboxylic acids is 1. The number of carbonyl (C=O) groups is 1. The average molecular weight is 245 g/mol. The molecule has 0 atom stereocenters. The molecule has 1 amide bonds. The summed E-state index contributed by atoms with van der Waals surface area (Å²) in [4.78, 5) is 10.3. The van der Waals surface area contributed by atoms with Gasteiger partial charge in [-0.25, -0.2) is 13.6 Å². The van der Waals surface area contributed by atoms with Gasteiger partial charge in [0.05, 0.1) is 11.3 Å². The van der Waals surface area contributed by atoms with Crippen molar-refractivity contribution < 1.29 is 18.3 Å². The molecule has 0 radical (unpaired) electrons. The lowest BCUT2D eigenvalue weighted by atomic mass is 10.1. The first-order valence-electron chi connectivity index (χ1n) is 4.73. The van der Waals surface area contributed by atoms with Crippen LogP contribution in [0.15, 0.2) is 12.1 Å². The minimum atomic E-state index is -1.30. The summed E-state index contributed by atoms with van der Waals surface area (Å²) in [6.45, 7) is 4.00. The Morgan fingerprint density at radius 1 is 1.35 bits per heavy atom. The minimum absolute atomic E-state index is 0.243. The van der Waals surface area contributed by atoms with E-state index in [0.717, 1.165) is 12.1 Å². The molecule has 7 heteroatoms. The Labute approximate surface area is 96.9 Å². The summed E-state index contributed by atoms with van der Waals surface area (Å²) < 4.78 is 29.7. The van der Waals surface area contributed by atoms with Gasteiger partial charge in [-0.2, -0.15) is 0 Å². The lowest BCUT2D eigenvalue weighted by Crippen LogP contribution is -2.19. The highest BCUT2D eigenvalue weighted by Gasteiger charge is 2.15. The molecule has 0 aromatic heterocycles. The number of rotatable bonds is 1. The van der Waals surface area contributed by atoms with Gasteiger partial charge in [0.25, 0.3) is 0 Å². The number of nitrogens with two attached hydrogens (primary N) is 2. The maximum Gasteiger partial charge on any atom is 0.411 e. The zero-order valence-corrected chi connectivity index (χ0v) is 9.38. The number of nitrogens with one attached hydrogen (secondary N) is 1. The van der Waals surface area contributed by atoms with Gasteiger partial charge in [0.15, 0.2) is 11.6 Å². The highest BCUT2D eigenvalue weighted by molar-refractivity contribution is 6.01. The molecule has 0 aliphatic heterocycles. The topological polar surface area (TPSA) is 102 Å². The Bertz CT molecular complexity index is 436. The molecular weight excluding hydrogens is 232 g/mol. The largest absolute Gasteiger partial charge is 0.411 e. The summed E-state index contributed by atoms with van der Waals surface area (Å²) in [6, 6.07) is 1.78. The standard InChI is InChI=1S/C8H7F2N3O2.C2H6/c9-4-2-1-3(6(11)5(4)10)7(12)15-8(13)14;1-2/h1-2,12H,11H2,(H2,13,14);1-2H3. The summed E-state index contributed by atoms with van der Waals surface area (Å²) in [5.41, 5.74) is 8.96. The number of halogens is 2. The first-order chi connectivity index (χ1) is 7.93. The summed E-state index contributed by atoms with van der Waals surface area (Å²) >= 11 is 0. The van der Waals surface area contributed by atoms with Gasteiger partial charge in [0.2, 0.25) is 5.90 Å². The van der Waals surface area contributed by atoms with Gasteiger partial charge >= 0.3 is 6.09 Å². The molecule has 1 aromatic carbocycles. The zero-order valence-electron chi connectivity index (χ0n) is 9.38. The van der Waals surface area contributed by atoms with Gasteiger partial charge < -0.3 is 16.2 Å². The maximum absolute atomic E-state index is 12.9. The first kappa shape index (κ1) is 14.8. The SMILES string of the molecule is CC.N=C(OC(N)=O)c1ccc(F)c(F)c1N.